The summed E-state index contributed by atoms with van der Waals surface area (Å²) >= 11 is 0. The molecule has 0 spiro atoms. The Morgan fingerprint density at radius 2 is 2.22 bits per heavy atom. The number of aromatic nitrogens is 1. The number of amides is 2. The molecule has 0 bridgehead atoms. The standard InChI is InChI=1S/C10H10N4O4/c15-9-4-2-7(10(16)13-9)12-6-1-3-8(11-5-6)14(17)18/h1,3,5,7,12H,2,4H2,(H,13,15,16). The van der Waals surface area contributed by atoms with Gasteiger partial charge in [0.05, 0.1) is 5.69 Å². The molecule has 1 aliphatic rings. The summed E-state index contributed by atoms with van der Waals surface area (Å²) in [5, 5.41) is 15.5. The van der Waals surface area contributed by atoms with Gasteiger partial charge in [-0.15, -0.1) is 0 Å². The molecule has 0 aliphatic carbocycles. The summed E-state index contributed by atoms with van der Waals surface area (Å²) in [6.07, 6.45) is 1.94. The van der Waals surface area contributed by atoms with Gasteiger partial charge in [0.25, 0.3) is 0 Å². The molecule has 2 heterocycles. The third kappa shape index (κ3) is 2.59. The van der Waals surface area contributed by atoms with E-state index in [0.717, 1.165) is 0 Å². The predicted octanol–water partition coefficient (Wildman–Crippen LogP) is 0.207. The van der Waals surface area contributed by atoms with Gasteiger partial charge in [-0.3, -0.25) is 14.9 Å². The lowest BCUT2D eigenvalue weighted by Crippen LogP contribution is -2.47. The van der Waals surface area contributed by atoms with Gasteiger partial charge in [0.1, 0.15) is 6.04 Å². The van der Waals surface area contributed by atoms with Crippen LogP contribution in [0.3, 0.4) is 0 Å². The molecular formula is C10H10N4O4. The summed E-state index contributed by atoms with van der Waals surface area (Å²) in [7, 11) is 0. The van der Waals surface area contributed by atoms with Gasteiger partial charge in [-0.25, -0.2) is 0 Å². The van der Waals surface area contributed by atoms with E-state index in [1.807, 2.05) is 0 Å². The first-order valence-electron chi connectivity index (χ1n) is 5.27. The molecule has 8 nitrogen and oxygen atoms in total. The number of rotatable bonds is 3. The summed E-state index contributed by atoms with van der Waals surface area (Å²) < 4.78 is 0. The average molecular weight is 250 g/mol. The summed E-state index contributed by atoms with van der Waals surface area (Å²) in [4.78, 5) is 35.8. The van der Waals surface area contributed by atoms with Crippen LogP contribution in [0.15, 0.2) is 18.3 Å². The fourth-order valence-electron chi connectivity index (χ4n) is 1.61. The minimum Gasteiger partial charge on any atom is -0.371 e. The lowest BCUT2D eigenvalue weighted by atomic mass is 10.1. The van der Waals surface area contributed by atoms with Crippen LogP contribution in [0.2, 0.25) is 0 Å². The molecule has 1 atom stereocenters. The number of piperidine rings is 1. The number of hydrogen-bond donors (Lipinski definition) is 2. The normalized spacial score (nSPS) is 19.2. The van der Waals surface area contributed by atoms with Gasteiger partial charge in [-0.1, -0.05) is 0 Å². The van der Waals surface area contributed by atoms with E-state index in [1.165, 1.54) is 18.3 Å². The molecule has 0 saturated carbocycles. The molecule has 0 radical (unpaired) electrons. The Hall–Kier alpha value is -2.51. The summed E-state index contributed by atoms with van der Waals surface area (Å²) in [6.45, 7) is 0. The van der Waals surface area contributed by atoms with E-state index in [0.29, 0.717) is 12.1 Å². The number of carbonyl (C=O) groups excluding carboxylic acids is 2. The first-order valence-corrected chi connectivity index (χ1v) is 5.27. The molecule has 2 rings (SSSR count). The van der Waals surface area contributed by atoms with E-state index in [2.05, 4.69) is 15.6 Å². The van der Waals surface area contributed by atoms with Crippen molar-refractivity contribution in [3.05, 3.63) is 28.4 Å². The number of nitro groups is 1. The fourth-order valence-corrected chi connectivity index (χ4v) is 1.61. The molecule has 1 saturated heterocycles. The monoisotopic (exact) mass is 250 g/mol. The van der Waals surface area contributed by atoms with Crippen molar-refractivity contribution in [2.45, 2.75) is 18.9 Å². The Kier molecular flexibility index (Phi) is 3.18. The minimum absolute atomic E-state index is 0.260. The highest BCUT2D eigenvalue weighted by Gasteiger charge is 2.26. The first kappa shape index (κ1) is 12.0. The molecule has 94 valence electrons. The third-order valence-electron chi connectivity index (χ3n) is 2.52. The van der Waals surface area contributed by atoms with E-state index >= 15 is 0 Å². The zero-order valence-corrected chi connectivity index (χ0v) is 9.25. The van der Waals surface area contributed by atoms with Crippen molar-refractivity contribution in [1.29, 1.82) is 0 Å². The molecular weight excluding hydrogens is 240 g/mol. The molecule has 2 amide bonds. The van der Waals surface area contributed by atoms with Gasteiger partial charge in [-0.05, 0) is 22.4 Å². The predicted molar refractivity (Wildman–Crippen MR) is 60.7 cm³/mol. The number of hydrogen-bond acceptors (Lipinski definition) is 6. The molecule has 2 N–H and O–H groups in total. The van der Waals surface area contributed by atoms with E-state index in [1.54, 1.807) is 0 Å². The van der Waals surface area contributed by atoms with Crippen LogP contribution < -0.4 is 10.6 Å². The summed E-state index contributed by atoms with van der Waals surface area (Å²) in [5.41, 5.74) is 0.495. The maximum Gasteiger partial charge on any atom is 0.363 e. The van der Waals surface area contributed by atoms with Crippen LogP contribution in [0, 0.1) is 10.1 Å². The number of pyridine rings is 1. The molecule has 8 heteroatoms. The van der Waals surface area contributed by atoms with E-state index in [9.17, 15) is 19.7 Å². The highest BCUT2D eigenvalue weighted by Crippen LogP contribution is 2.15. The molecule has 18 heavy (non-hydrogen) atoms. The zero-order valence-electron chi connectivity index (χ0n) is 9.25. The van der Waals surface area contributed by atoms with Crippen LogP contribution in [0.5, 0.6) is 0 Å². The average Bonchev–Trinajstić information content (AvgIpc) is 2.33. The van der Waals surface area contributed by atoms with Gasteiger partial charge in [0.15, 0.2) is 6.20 Å². The van der Waals surface area contributed by atoms with Gasteiger partial charge in [0.2, 0.25) is 11.8 Å². The number of nitrogens with one attached hydrogen (secondary N) is 2. The first-order chi connectivity index (χ1) is 8.56. The SMILES string of the molecule is O=C1CCC(Nc2ccc([N+](=O)[O-])nc2)C(=O)N1. The summed E-state index contributed by atoms with van der Waals surface area (Å²) in [6, 6.07) is 2.19. The van der Waals surface area contributed by atoms with Crippen molar-refractivity contribution in [2.75, 3.05) is 5.32 Å². The molecule has 1 fully saturated rings. The van der Waals surface area contributed by atoms with Crippen LogP contribution >= 0.6 is 0 Å². The van der Waals surface area contributed by atoms with Crippen LogP contribution in [0.4, 0.5) is 11.5 Å². The molecule has 1 aromatic rings. The summed E-state index contributed by atoms with van der Waals surface area (Å²) in [5.74, 6) is -0.951. The quantitative estimate of drug-likeness (QED) is 0.450. The Bertz CT molecular complexity index is 499. The molecule has 0 aromatic carbocycles. The van der Waals surface area contributed by atoms with Crippen molar-refractivity contribution in [1.82, 2.24) is 10.3 Å². The number of anilines is 1. The largest absolute Gasteiger partial charge is 0.371 e. The highest BCUT2D eigenvalue weighted by molar-refractivity contribution is 6.01. The number of imide groups is 1. The minimum atomic E-state index is -0.601. The van der Waals surface area contributed by atoms with Crippen LogP contribution in [0.1, 0.15) is 12.8 Å². The fraction of sp³-hybridized carbons (Fsp3) is 0.300. The van der Waals surface area contributed by atoms with Gasteiger partial charge < -0.3 is 15.4 Å². The highest BCUT2D eigenvalue weighted by atomic mass is 16.6. The zero-order chi connectivity index (χ0) is 13.1. The van der Waals surface area contributed by atoms with Gasteiger partial charge in [-0.2, -0.15) is 0 Å². The van der Waals surface area contributed by atoms with E-state index < -0.39 is 16.9 Å². The van der Waals surface area contributed by atoms with Crippen molar-refractivity contribution in [3.8, 4) is 0 Å². The molecule has 1 aromatic heterocycles. The lowest BCUT2D eigenvalue weighted by molar-refractivity contribution is -0.389. The maximum atomic E-state index is 11.5. The second-order valence-corrected chi connectivity index (χ2v) is 3.81. The van der Waals surface area contributed by atoms with Gasteiger partial charge in [0, 0.05) is 12.5 Å². The van der Waals surface area contributed by atoms with Crippen molar-refractivity contribution in [3.63, 3.8) is 0 Å². The van der Waals surface area contributed by atoms with Gasteiger partial charge >= 0.3 is 5.82 Å². The Morgan fingerprint density at radius 1 is 1.44 bits per heavy atom. The van der Waals surface area contributed by atoms with Crippen molar-refractivity contribution < 1.29 is 14.5 Å². The number of nitrogens with zero attached hydrogens (tertiary/aromatic N) is 2. The van der Waals surface area contributed by atoms with Crippen LogP contribution in [0.25, 0.3) is 0 Å². The van der Waals surface area contributed by atoms with E-state index in [4.69, 9.17) is 0 Å². The van der Waals surface area contributed by atoms with Crippen LogP contribution in [-0.2, 0) is 9.59 Å². The number of carbonyl (C=O) groups is 2. The van der Waals surface area contributed by atoms with E-state index in [-0.39, 0.29) is 18.1 Å². The topological polar surface area (TPSA) is 114 Å². The Morgan fingerprint density at radius 3 is 2.78 bits per heavy atom. The van der Waals surface area contributed by atoms with Crippen molar-refractivity contribution in [2.24, 2.45) is 0 Å². The second-order valence-electron chi connectivity index (χ2n) is 3.81. The smallest absolute Gasteiger partial charge is 0.363 e. The molecule has 1 unspecified atom stereocenters. The Labute approximate surface area is 102 Å². The maximum absolute atomic E-state index is 11.5. The lowest BCUT2D eigenvalue weighted by Gasteiger charge is -2.22. The Balaban J connectivity index is 2.03. The van der Waals surface area contributed by atoms with Crippen LogP contribution in [-0.4, -0.2) is 27.8 Å². The second kappa shape index (κ2) is 4.78. The third-order valence-corrected chi connectivity index (χ3v) is 2.52. The molecule has 1 aliphatic heterocycles. The van der Waals surface area contributed by atoms with Crippen molar-refractivity contribution >= 4 is 23.3 Å².